The van der Waals surface area contributed by atoms with Gasteiger partial charge in [-0.3, -0.25) is 0 Å². The van der Waals surface area contributed by atoms with Crippen LogP contribution in [0.2, 0.25) is 0 Å². The Bertz CT molecular complexity index is 2060. The summed E-state index contributed by atoms with van der Waals surface area (Å²) < 4.78 is 32.6. The van der Waals surface area contributed by atoms with E-state index >= 15 is 0 Å². The van der Waals surface area contributed by atoms with Crippen molar-refractivity contribution >= 4 is 33.5 Å². The Morgan fingerprint density at radius 3 is 1.47 bits per heavy atom. The molecule has 6 aromatic rings. The number of hydrogen-bond donors (Lipinski definition) is 0. The lowest BCUT2D eigenvalue weighted by Crippen LogP contribution is -2.08. The molecule has 1 aliphatic rings. The molecule has 0 bridgehead atoms. The van der Waals surface area contributed by atoms with E-state index in [0.717, 1.165) is 45.0 Å². The first kappa shape index (κ1) is 30.0. The SMILES string of the molecule is COCOc1ccc2cc(C(=O)Oc3ccc(-c4ccc(OC(=O)c5ccc6cc(OCC7CO7)ccc6c5)cc4)cc3)ccc2c1. The Morgan fingerprint density at radius 2 is 1.00 bits per heavy atom. The van der Waals surface area contributed by atoms with E-state index in [1.165, 1.54) is 0 Å². The maximum Gasteiger partial charge on any atom is 0.343 e. The van der Waals surface area contributed by atoms with Crippen molar-refractivity contribution in [3.8, 4) is 34.1 Å². The number of rotatable bonds is 11. The Labute approximate surface area is 271 Å². The molecule has 234 valence electrons. The van der Waals surface area contributed by atoms with E-state index in [9.17, 15) is 9.59 Å². The molecule has 1 unspecified atom stereocenters. The Balaban J connectivity index is 0.953. The minimum absolute atomic E-state index is 0.165. The van der Waals surface area contributed by atoms with Crippen molar-refractivity contribution in [1.82, 2.24) is 0 Å². The molecule has 1 heterocycles. The summed E-state index contributed by atoms with van der Waals surface area (Å²) >= 11 is 0. The molecule has 0 N–H and O–H groups in total. The van der Waals surface area contributed by atoms with Crippen LogP contribution in [0.1, 0.15) is 20.7 Å². The highest BCUT2D eigenvalue weighted by molar-refractivity contribution is 5.97. The second-order valence-corrected chi connectivity index (χ2v) is 11.1. The van der Waals surface area contributed by atoms with Crippen LogP contribution in [0.4, 0.5) is 0 Å². The summed E-state index contributed by atoms with van der Waals surface area (Å²) in [4.78, 5) is 25.8. The predicted octanol–water partition coefficient (Wildman–Crippen LogP) is 7.86. The summed E-state index contributed by atoms with van der Waals surface area (Å²) in [5.74, 6) is 1.43. The van der Waals surface area contributed by atoms with Gasteiger partial charge in [-0.2, -0.15) is 0 Å². The molecular formula is C39H30O8. The first-order valence-corrected chi connectivity index (χ1v) is 15.1. The third kappa shape index (κ3) is 7.25. The number of carbonyl (C=O) groups is 2. The molecule has 8 heteroatoms. The predicted molar refractivity (Wildman–Crippen MR) is 177 cm³/mol. The highest BCUT2D eigenvalue weighted by Crippen LogP contribution is 2.28. The average molecular weight is 627 g/mol. The quantitative estimate of drug-likeness (QED) is 0.0621. The van der Waals surface area contributed by atoms with Crippen molar-refractivity contribution in [3.63, 3.8) is 0 Å². The second-order valence-electron chi connectivity index (χ2n) is 11.1. The van der Waals surface area contributed by atoms with Crippen LogP contribution in [-0.2, 0) is 9.47 Å². The van der Waals surface area contributed by atoms with Gasteiger partial charge in [0.2, 0.25) is 0 Å². The molecule has 0 aliphatic carbocycles. The number of hydrogen-bond acceptors (Lipinski definition) is 8. The van der Waals surface area contributed by atoms with E-state index < -0.39 is 11.9 Å². The van der Waals surface area contributed by atoms with Crippen molar-refractivity contribution in [3.05, 3.63) is 132 Å². The third-order valence-electron chi connectivity index (χ3n) is 7.74. The summed E-state index contributed by atoms with van der Waals surface area (Å²) in [6.45, 7) is 1.45. The molecule has 8 nitrogen and oxygen atoms in total. The monoisotopic (exact) mass is 626 g/mol. The number of benzene rings is 6. The molecular weight excluding hydrogens is 596 g/mol. The van der Waals surface area contributed by atoms with Crippen molar-refractivity contribution in [2.24, 2.45) is 0 Å². The van der Waals surface area contributed by atoms with Gasteiger partial charge >= 0.3 is 11.9 Å². The van der Waals surface area contributed by atoms with E-state index in [2.05, 4.69) is 0 Å². The van der Waals surface area contributed by atoms with Gasteiger partial charge in [-0.05, 0) is 105 Å². The van der Waals surface area contributed by atoms with Gasteiger partial charge in [0.1, 0.15) is 35.7 Å². The number of methoxy groups -OCH3 is 1. The zero-order valence-electron chi connectivity index (χ0n) is 25.5. The van der Waals surface area contributed by atoms with Gasteiger partial charge in [-0.25, -0.2) is 9.59 Å². The summed E-state index contributed by atoms with van der Waals surface area (Å²) in [5, 5.41) is 3.72. The zero-order chi connectivity index (χ0) is 32.2. The van der Waals surface area contributed by atoms with Gasteiger partial charge in [0, 0.05) is 7.11 Å². The van der Waals surface area contributed by atoms with Crippen LogP contribution in [0.5, 0.6) is 23.0 Å². The molecule has 1 atom stereocenters. The van der Waals surface area contributed by atoms with Gasteiger partial charge in [-0.1, -0.05) is 48.5 Å². The molecule has 0 spiro atoms. The van der Waals surface area contributed by atoms with Gasteiger partial charge in [0.15, 0.2) is 6.79 Å². The zero-order valence-corrected chi connectivity index (χ0v) is 25.5. The first-order chi connectivity index (χ1) is 23.0. The minimum atomic E-state index is -0.449. The maximum absolute atomic E-state index is 12.9. The summed E-state index contributed by atoms with van der Waals surface area (Å²) in [5.41, 5.74) is 2.74. The maximum atomic E-state index is 12.9. The largest absolute Gasteiger partial charge is 0.491 e. The molecule has 6 aromatic carbocycles. The number of esters is 2. The number of carbonyl (C=O) groups excluding carboxylic acids is 2. The molecule has 47 heavy (non-hydrogen) atoms. The van der Waals surface area contributed by atoms with E-state index in [0.29, 0.717) is 35.0 Å². The van der Waals surface area contributed by atoms with Crippen molar-refractivity contribution in [1.29, 1.82) is 0 Å². The summed E-state index contributed by atoms with van der Waals surface area (Å²) in [6, 6.07) is 36.7. The molecule has 1 aliphatic heterocycles. The Morgan fingerprint density at radius 1 is 0.574 bits per heavy atom. The number of epoxide rings is 1. The lowest BCUT2D eigenvalue weighted by molar-refractivity contribution is 0.0512. The highest BCUT2D eigenvalue weighted by Gasteiger charge is 2.23. The van der Waals surface area contributed by atoms with Crippen molar-refractivity contribution in [2.45, 2.75) is 6.10 Å². The summed E-state index contributed by atoms with van der Waals surface area (Å²) in [7, 11) is 1.57. The smallest absolute Gasteiger partial charge is 0.343 e. The molecule has 0 aromatic heterocycles. The highest BCUT2D eigenvalue weighted by atomic mass is 16.7. The second kappa shape index (κ2) is 13.3. The van der Waals surface area contributed by atoms with Crippen LogP contribution in [0.25, 0.3) is 32.7 Å². The molecule has 7 rings (SSSR count). The van der Waals surface area contributed by atoms with Gasteiger partial charge in [-0.15, -0.1) is 0 Å². The van der Waals surface area contributed by atoms with E-state index in [1.54, 1.807) is 49.6 Å². The van der Waals surface area contributed by atoms with E-state index in [-0.39, 0.29) is 12.9 Å². The van der Waals surface area contributed by atoms with Crippen molar-refractivity contribution < 1.29 is 38.0 Å². The summed E-state index contributed by atoms with van der Waals surface area (Å²) in [6.07, 6.45) is 0.190. The lowest BCUT2D eigenvalue weighted by atomic mass is 10.1. The lowest BCUT2D eigenvalue weighted by Gasteiger charge is -2.09. The Kier molecular flexibility index (Phi) is 8.51. The van der Waals surface area contributed by atoms with Gasteiger partial charge in [0.25, 0.3) is 0 Å². The standard InChI is InChI=1S/C39H30O8/c1-42-24-45-36-17-11-28-19-32(5-3-30(28)21-36)39(41)47-34-14-8-26(9-15-34)25-6-12-33(13-7-25)46-38(40)31-4-2-29-20-35(16-10-27(29)18-31)43-22-37-23-44-37/h2-21,37H,22-24H2,1H3. The number of fused-ring (bicyclic) bond motifs is 2. The van der Waals surface area contributed by atoms with E-state index in [4.69, 9.17) is 28.4 Å². The fourth-order valence-electron chi connectivity index (χ4n) is 5.12. The van der Waals surface area contributed by atoms with Crippen LogP contribution in [0.15, 0.2) is 121 Å². The van der Waals surface area contributed by atoms with Crippen LogP contribution >= 0.6 is 0 Å². The normalized spacial score (nSPS) is 13.7. The fraction of sp³-hybridized carbons (Fsp3) is 0.128. The topological polar surface area (TPSA) is 92.8 Å². The molecule has 0 radical (unpaired) electrons. The number of ether oxygens (including phenoxy) is 6. The van der Waals surface area contributed by atoms with Crippen LogP contribution < -0.4 is 18.9 Å². The van der Waals surface area contributed by atoms with Crippen LogP contribution in [0.3, 0.4) is 0 Å². The van der Waals surface area contributed by atoms with Crippen LogP contribution in [0, 0.1) is 0 Å². The molecule has 0 saturated carbocycles. The Hall–Kier alpha value is -5.70. The van der Waals surface area contributed by atoms with Crippen LogP contribution in [-0.4, -0.2) is 45.2 Å². The van der Waals surface area contributed by atoms with Gasteiger partial charge in [0.05, 0.1) is 17.7 Å². The minimum Gasteiger partial charge on any atom is -0.491 e. The molecule has 1 saturated heterocycles. The average Bonchev–Trinajstić information content (AvgIpc) is 3.95. The molecule has 0 amide bonds. The first-order valence-electron chi connectivity index (χ1n) is 15.1. The fourth-order valence-corrected chi connectivity index (χ4v) is 5.12. The van der Waals surface area contributed by atoms with Crippen molar-refractivity contribution in [2.75, 3.05) is 27.1 Å². The molecule has 1 fully saturated rings. The van der Waals surface area contributed by atoms with Gasteiger partial charge < -0.3 is 28.4 Å². The van der Waals surface area contributed by atoms with E-state index in [1.807, 2.05) is 78.9 Å². The third-order valence-corrected chi connectivity index (χ3v) is 7.74.